The summed E-state index contributed by atoms with van der Waals surface area (Å²) in [5, 5.41) is 6.47. The standard InChI is InChI=1S/C25H24/c1-4-7-11-19(9-5-2)18-23-17-16-22-13-8-12-21-15-14-20(10-6-3)25(23)24(21)22/h5-17H,2-4,18H2,1H3/b11-7-,19-9+,20-10-. The molecule has 3 aromatic carbocycles. The smallest absolute Gasteiger partial charge is 0.00195 e. The molecular formula is C25H24. The van der Waals surface area contributed by atoms with Gasteiger partial charge >= 0.3 is 0 Å². The van der Waals surface area contributed by atoms with E-state index >= 15 is 0 Å². The van der Waals surface area contributed by atoms with Crippen molar-refractivity contribution in [1.82, 2.24) is 0 Å². The Hall–Kier alpha value is -2.86. The molecule has 0 aliphatic rings. The summed E-state index contributed by atoms with van der Waals surface area (Å²) in [6.45, 7) is 9.91. The number of benzene rings is 3. The Morgan fingerprint density at radius 2 is 1.68 bits per heavy atom. The largest absolute Gasteiger partial charge is 0.0991 e. The first kappa shape index (κ1) is 17.0. The highest BCUT2D eigenvalue weighted by molar-refractivity contribution is 6.11. The summed E-state index contributed by atoms with van der Waals surface area (Å²) in [6, 6.07) is 15.4. The molecule has 0 heteroatoms. The van der Waals surface area contributed by atoms with Crippen molar-refractivity contribution in [3.8, 4) is 0 Å². The Morgan fingerprint density at radius 3 is 2.36 bits per heavy atom. The van der Waals surface area contributed by atoms with Gasteiger partial charge in [0.1, 0.15) is 0 Å². The number of allylic oxidation sites excluding steroid dienone is 6. The van der Waals surface area contributed by atoms with E-state index in [0.717, 1.165) is 12.8 Å². The highest BCUT2D eigenvalue weighted by Gasteiger charge is 2.08. The van der Waals surface area contributed by atoms with Crippen LogP contribution in [0.3, 0.4) is 0 Å². The predicted octanol–water partition coefficient (Wildman–Crippen LogP) is 6.30. The molecule has 0 radical (unpaired) electrons. The van der Waals surface area contributed by atoms with Gasteiger partial charge in [0.15, 0.2) is 0 Å². The van der Waals surface area contributed by atoms with E-state index in [4.69, 9.17) is 0 Å². The lowest BCUT2D eigenvalue weighted by Crippen LogP contribution is -2.05. The molecule has 0 spiro atoms. The minimum Gasteiger partial charge on any atom is -0.0991 e. The molecule has 0 saturated carbocycles. The second kappa shape index (κ2) is 7.81. The third-order valence-corrected chi connectivity index (χ3v) is 4.49. The van der Waals surface area contributed by atoms with Crippen LogP contribution >= 0.6 is 0 Å². The van der Waals surface area contributed by atoms with Crippen molar-refractivity contribution < 1.29 is 0 Å². The van der Waals surface area contributed by atoms with Gasteiger partial charge in [-0.05, 0) is 50.7 Å². The molecule has 0 amide bonds. The fraction of sp³-hybridized carbons (Fsp3) is 0.120. The van der Waals surface area contributed by atoms with Gasteiger partial charge in [0.2, 0.25) is 0 Å². The highest BCUT2D eigenvalue weighted by Crippen LogP contribution is 2.28. The van der Waals surface area contributed by atoms with E-state index in [2.05, 4.69) is 86.9 Å². The van der Waals surface area contributed by atoms with Crippen molar-refractivity contribution in [3.05, 3.63) is 102 Å². The molecule has 0 atom stereocenters. The summed E-state index contributed by atoms with van der Waals surface area (Å²) in [7, 11) is 0. The van der Waals surface area contributed by atoms with E-state index in [0.29, 0.717) is 0 Å². The molecular weight excluding hydrogens is 300 g/mol. The second-order valence-electron chi connectivity index (χ2n) is 6.20. The Morgan fingerprint density at radius 1 is 0.920 bits per heavy atom. The molecule has 0 aliphatic heterocycles. The van der Waals surface area contributed by atoms with Crippen molar-refractivity contribution >= 4 is 27.6 Å². The van der Waals surface area contributed by atoms with E-state index in [9.17, 15) is 0 Å². The lowest BCUT2D eigenvalue weighted by atomic mass is 9.92. The predicted molar refractivity (Wildman–Crippen MR) is 113 cm³/mol. The van der Waals surface area contributed by atoms with E-state index in [1.165, 1.54) is 37.9 Å². The van der Waals surface area contributed by atoms with Gasteiger partial charge in [0.25, 0.3) is 0 Å². The second-order valence-corrected chi connectivity index (χ2v) is 6.20. The summed E-state index contributed by atoms with van der Waals surface area (Å²) >= 11 is 0. The molecule has 0 N–H and O–H groups in total. The highest BCUT2D eigenvalue weighted by atomic mass is 14.1. The Kier molecular flexibility index (Phi) is 5.30. The van der Waals surface area contributed by atoms with Crippen LogP contribution in [-0.2, 0) is 6.42 Å². The lowest BCUT2D eigenvalue weighted by molar-refractivity contribution is 1.18. The molecule has 3 aromatic rings. The summed E-state index contributed by atoms with van der Waals surface area (Å²) in [6.07, 6.45) is 14.3. The Labute approximate surface area is 150 Å². The third kappa shape index (κ3) is 3.49. The average molecular weight is 324 g/mol. The number of hydrogen-bond acceptors (Lipinski definition) is 0. The van der Waals surface area contributed by atoms with Crippen LogP contribution in [0, 0.1) is 0 Å². The molecule has 25 heavy (non-hydrogen) atoms. The van der Waals surface area contributed by atoms with E-state index in [1.54, 1.807) is 0 Å². The van der Waals surface area contributed by atoms with Crippen molar-refractivity contribution in [2.45, 2.75) is 19.8 Å². The first-order valence-corrected chi connectivity index (χ1v) is 8.82. The van der Waals surface area contributed by atoms with Gasteiger partial charge in [-0.25, -0.2) is 0 Å². The minimum atomic E-state index is 0.893. The quantitative estimate of drug-likeness (QED) is 0.467. The fourth-order valence-electron chi connectivity index (χ4n) is 3.41. The van der Waals surface area contributed by atoms with Gasteiger partial charge in [0, 0.05) is 0 Å². The molecule has 0 fully saturated rings. The van der Waals surface area contributed by atoms with Crippen LogP contribution < -0.4 is 5.22 Å². The summed E-state index contributed by atoms with van der Waals surface area (Å²) in [5.74, 6) is 0. The normalized spacial score (nSPS) is 13.2. The molecule has 0 unspecified atom stereocenters. The number of rotatable bonds is 6. The van der Waals surface area contributed by atoms with Crippen LogP contribution in [-0.4, -0.2) is 0 Å². The van der Waals surface area contributed by atoms with Crippen molar-refractivity contribution in [2.75, 3.05) is 0 Å². The lowest BCUT2D eigenvalue weighted by Gasteiger charge is -2.12. The maximum Gasteiger partial charge on any atom is -0.00195 e. The van der Waals surface area contributed by atoms with Crippen molar-refractivity contribution in [2.24, 2.45) is 0 Å². The monoisotopic (exact) mass is 324 g/mol. The zero-order valence-corrected chi connectivity index (χ0v) is 14.8. The fourth-order valence-corrected chi connectivity index (χ4v) is 3.41. The third-order valence-electron chi connectivity index (χ3n) is 4.49. The Balaban J connectivity index is 2.28. The first-order chi connectivity index (χ1) is 12.3. The van der Waals surface area contributed by atoms with E-state index < -0.39 is 0 Å². The average Bonchev–Trinajstić information content (AvgIpc) is 2.63. The van der Waals surface area contributed by atoms with Crippen molar-refractivity contribution in [3.63, 3.8) is 0 Å². The molecule has 0 aromatic heterocycles. The summed E-state index contributed by atoms with van der Waals surface area (Å²) < 4.78 is 0. The van der Waals surface area contributed by atoms with E-state index in [-0.39, 0.29) is 0 Å². The molecule has 3 rings (SSSR count). The zero-order chi connectivity index (χ0) is 17.6. The van der Waals surface area contributed by atoms with Crippen LogP contribution in [0.5, 0.6) is 0 Å². The molecule has 124 valence electrons. The van der Waals surface area contributed by atoms with Gasteiger partial charge in [-0.1, -0.05) is 99.0 Å². The minimum absolute atomic E-state index is 0.893. The SMILES string of the molecule is C=C/C=C(\C=C/CC)Cc1ccc2cccc3cc/c(=C/C=C)c1c23. The zero-order valence-electron chi connectivity index (χ0n) is 14.8. The maximum atomic E-state index is 3.89. The molecule has 0 aliphatic carbocycles. The molecule has 0 saturated heterocycles. The van der Waals surface area contributed by atoms with Crippen LogP contribution in [0.15, 0.2) is 91.6 Å². The van der Waals surface area contributed by atoms with Gasteiger partial charge in [-0.2, -0.15) is 0 Å². The van der Waals surface area contributed by atoms with Gasteiger partial charge in [0.05, 0.1) is 0 Å². The molecule has 0 heterocycles. The molecule has 0 bridgehead atoms. The van der Waals surface area contributed by atoms with Gasteiger partial charge in [-0.15, -0.1) is 0 Å². The summed E-state index contributed by atoms with van der Waals surface area (Å²) in [5.41, 5.74) is 2.61. The van der Waals surface area contributed by atoms with Crippen molar-refractivity contribution in [1.29, 1.82) is 0 Å². The maximum absolute atomic E-state index is 3.89. The van der Waals surface area contributed by atoms with Crippen LogP contribution in [0.2, 0.25) is 0 Å². The van der Waals surface area contributed by atoms with Crippen LogP contribution in [0.4, 0.5) is 0 Å². The van der Waals surface area contributed by atoms with E-state index in [1.807, 2.05) is 12.2 Å². The van der Waals surface area contributed by atoms with Gasteiger partial charge in [-0.3, -0.25) is 0 Å². The molecule has 0 nitrogen and oxygen atoms in total. The van der Waals surface area contributed by atoms with Gasteiger partial charge < -0.3 is 0 Å². The Bertz CT molecular complexity index is 1010. The van der Waals surface area contributed by atoms with Crippen LogP contribution in [0.1, 0.15) is 18.9 Å². The topological polar surface area (TPSA) is 0 Å². The summed E-state index contributed by atoms with van der Waals surface area (Å²) in [4.78, 5) is 0. The first-order valence-electron chi connectivity index (χ1n) is 8.82. The number of hydrogen-bond donors (Lipinski definition) is 0. The van der Waals surface area contributed by atoms with Crippen LogP contribution in [0.25, 0.3) is 27.6 Å².